The summed E-state index contributed by atoms with van der Waals surface area (Å²) in [5.74, 6) is -3.75. The summed E-state index contributed by atoms with van der Waals surface area (Å²) in [5.41, 5.74) is 0.0115. The van der Waals surface area contributed by atoms with Crippen LogP contribution in [0.1, 0.15) is 5.56 Å². The molecule has 12 heteroatoms. The fourth-order valence-corrected chi connectivity index (χ4v) is 2.92. The van der Waals surface area contributed by atoms with Crippen LogP contribution in [0.15, 0.2) is 76.8 Å². The maximum absolute atomic E-state index is 13.0. The second kappa shape index (κ2) is 9.57. The van der Waals surface area contributed by atoms with Gasteiger partial charge in [-0.2, -0.15) is 13.2 Å². The van der Waals surface area contributed by atoms with E-state index in [2.05, 4.69) is 4.98 Å². The number of nitrogens with zero attached hydrogens (tertiary/aromatic N) is 3. The lowest BCUT2D eigenvalue weighted by atomic mass is 10.1. The SMILES string of the molecule is O=C(O)C(F)(F)F.O=c1c(-c2ccccn2)cn2ccn(Cc3ccc(F)cc3)c(=O)c2c1O. The summed E-state index contributed by atoms with van der Waals surface area (Å²) in [4.78, 5) is 38.3. The Hall–Kier alpha value is -4.48. The zero-order chi connectivity index (χ0) is 25.0. The topological polar surface area (TPSA) is 114 Å². The summed E-state index contributed by atoms with van der Waals surface area (Å²) in [6.45, 7) is 0.186. The first-order valence-corrected chi connectivity index (χ1v) is 9.42. The van der Waals surface area contributed by atoms with E-state index >= 15 is 0 Å². The lowest BCUT2D eigenvalue weighted by Crippen LogP contribution is -2.24. The average molecular weight is 477 g/mol. The minimum Gasteiger partial charge on any atom is -0.503 e. The Morgan fingerprint density at radius 1 is 1.03 bits per heavy atom. The van der Waals surface area contributed by atoms with Crippen molar-refractivity contribution in [3.8, 4) is 17.0 Å². The summed E-state index contributed by atoms with van der Waals surface area (Å²) in [7, 11) is 0. The third kappa shape index (κ3) is 5.28. The predicted octanol–water partition coefficient (Wildman–Crippen LogP) is 3.05. The van der Waals surface area contributed by atoms with Crippen LogP contribution >= 0.6 is 0 Å². The van der Waals surface area contributed by atoms with Gasteiger partial charge in [-0.3, -0.25) is 14.6 Å². The van der Waals surface area contributed by atoms with Crippen LogP contribution in [-0.2, 0) is 11.3 Å². The van der Waals surface area contributed by atoms with E-state index in [4.69, 9.17) is 9.90 Å². The van der Waals surface area contributed by atoms with Gasteiger partial charge >= 0.3 is 12.1 Å². The van der Waals surface area contributed by atoms with E-state index in [-0.39, 0.29) is 23.4 Å². The van der Waals surface area contributed by atoms with Gasteiger partial charge in [0.05, 0.1) is 17.8 Å². The van der Waals surface area contributed by atoms with E-state index in [1.807, 2.05) is 0 Å². The number of carbonyl (C=O) groups is 1. The first-order valence-electron chi connectivity index (χ1n) is 9.42. The highest BCUT2D eigenvalue weighted by Gasteiger charge is 2.38. The van der Waals surface area contributed by atoms with Crippen molar-refractivity contribution in [3.63, 3.8) is 0 Å². The molecular weight excluding hydrogens is 462 g/mol. The maximum Gasteiger partial charge on any atom is 0.490 e. The van der Waals surface area contributed by atoms with E-state index in [0.717, 1.165) is 5.56 Å². The molecule has 3 heterocycles. The van der Waals surface area contributed by atoms with Crippen LogP contribution < -0.4 is 11.0 Å². The molecule has 0 aliphatic carbocycles. The lowest BCUT2D eigenvalue weighted by molar-refractivity contribution is -0.192. The number of carboxylic acid groups (broad SMARTS) is 1. The van der Waals surface area contributed by atoms with Gasteiger partial charge in [0.2, 0.25) is 5.43 Å². The van der Waals surface area contributed by atoms with Gasteiger partial charge in [-0.15, -0.1) is 0 Å². The molecule has 1 aromatic carbocycles. The van der Waals surface area contributed by atoms with Crippen molar-refractivity contribution in [2.24, 2.45) is 0 Å². The minimum atomic E-state index is -5.08. The van der Waals surface area contributed by atoms with Crippen molar-refractivity contribution in [1.82, 2.24) is 14.0 Å². The molecule has 4 rings (SSSR count). The van der Waals surface area contributed by atoms with Crippen LogP contribution in [0.5, 0.6) is 5.75 Å². The quantitative estimate of drug-likeness (QED) is 0.439. The normalized spacial score (nSPS) is 11.1. The lowest BCUT2D eigenvalue weighted by Gasteiger charge is -2.11. The van der Waals surface area contributed by atoms with Crippen LogP contribution in [0, 0.1) is 5.82 Å². The van der Waals surface area contributed by atoms with Gasteiger partial charge < -0.3 is 19.2 Å². The standard InChI is InChI=1S/C20H14FN3O3.C2HF3O2/c21-14-6-4-13(5-7-14)11-24-10-9-23-12-15(16-3-1-2-8-22-16)18(25)19(26)17(23)20(24)27;3-2(4,5)1(6)7/h1-10,12,26H,11H2;(H,6,7). The van der Waals surface area contributed by atoms with Crippen LogP contribution in [0.4, 0.5) is 17.6 Å². The molecule has 0 unspecified atom stereocenters. The molecular formula is C22H15F4N3O5. The van der Waals surface area contributed by atoms with Gasteiger partial charge in [-0.05, 0) is 29.8 Å². The summed E-state index contributed by atoms with van der Waals surface area (Å²) < 4.78 is 47.5. The highest BCUT2D eigenvalue weighted by atomic mass is 19.4. The van der Waals surface area contributed by atoms with Crippen molar-refractivity contribution in [1.29, 1.82) is 0 Å². The van der Waals surface area contributed by atoms with Gasteiger partial charge in [-0.25, -0.2) is 9.18 Å². The first-order chi connectivity index (χ1) is 16.0. The number of aromatic hydroxyl groups is 1. The molecule has 8 nitrogen and oxygen atoms in total. The number of pyridine rings is 2. The highest BCUT2D eigenvalue weighted by Crippen LogP contribution is 2.18. The number of benzene rings is 1. The summed E-state index contributed by atoms with van der Waals surface area (Å²) in [5, 5.41) is 17.5. The van der Waals surface area contributed by atoms with Crippen molar-refractivity contribution in [3.05, 3.63) is 99.2 Å². The van der Waals surface area contributed by atoms with Crippen molar-refractivity contribution >= 4 is 11.5 Å². The van der Waals surface area contributed by atoms with Gasteiger partial charge in [-0.1, -0.05) is 18.2 Å². The Bertz CT molecular complexity index is 1450. The molecule has 176 valence electrons. The zero-order valence-electron chi connectivity index (χ0n) is 17.0. The summed E-state index contributed by atoms with van der Waals surface area (Å²) >= 11 is 0. The monoisotopic (exact) mass is 477 g/mol. The largest absolute Gasteiger partial charge is 0.503 e. The molecule has 0 amide bonds. The van der Waals surface area contributed by atoms with Gasteiger partial charge in [0.15, 0.2) is 11.3 Å². The Morgan fingerprint density at radius 3 is 2.24 bits per heavy atom. The molecule has 0 aliphatic heterocycles. The van der Waals surface area contributed by atoms with E-state index < -0.39 is 28.9 Å². The van der Waals surface area contributed by atoms with E-state index in [0.29, 0.717) is 5.69 Å². The van der Waals surface area contributed by atoms with Crippen LogP contribution in [0.25, 0.3) is 16.8 Å². The minimum absolute atomic E-state index is 0.121. The summed E-state index contributed by atoms with van der Waals surface area (Å²) in [6.07, 6.45) is 1.06. The van der Waals surface area contributed by atoms with E-state index in [9.17, 15) is 32.3 Å². The van der Waals surface area contributed by atoms with Gasteiger partial charge in [0.25, 0.3) is 5.56 Å². The fourth-order valence-electron chi connectivity index (χ4n) is 2.92. The molecule has 0 saturated carbocycles. The molecule has 0 bridgehead atoms. The first kappa shape index (κ1) is 24.2. The number of carboxylic acids is 1. The molecule has 0 atom stereocenters. The predicted molar refractivity (Wildman–Crippen MR) is 112 cm³/mol. The Morgan fingerprint density at radius 2 is 1.68 bits per heavy atom. The fraction of sp³-hybridized carbons (Fsp3) is 0.0909. The molecule has 0 radical (unpaired) electrons. The Labute approximate surface area is 187 Å². The molecule has 4 aromatic rings. The van der Waals surface area contributed by atoms with E-state index in [1.54, 1.807) is 48.9 Å². The van der Waals surface area contributed by atoms with E-state index in [1.165, 1.54) is 27.3 Å². The van der Waals surface area contributed by atoms with Crippen LogP contribution in [-0.4, -0.2) is 36.3 Å². The second-order valence-corrected chi connectivity index (χ2v) is 6.85. The molecule has 0 aliphatic rings. The smallest absolute Gasteiger partial charge is 0.490 e. The van der Waals surface area contributed by atoms with Crippen molar-refractivity contribution in [2.45, 2.75) is 12.7 Å². The maximum atomic E-state index is 13.0. The molecule has 0 fully saturated rings. The third-order valence-corrected chi connectivity index (χ3v) is 4.53. The van der Waals surface area contributed by atoms with Crippen LogP contribution in [0.2, 0.25) is 0 Å². The number of alkyl halides is 3. The average Bonchev–Trinajstić information content (AvgIpc) is 2.79. The second-order valence-electron chi connectivity index (χ2n) is 6.85. The summed E-state index contributed by atoms with van der Waals surface area (Å²) in [6, 6.07) is 10.9. The number of halogens is 4. The number of hydrogen-bond donors (Lipinski definition) is 2. The molecule has 2 N–H and O–H groups in total. The molecule has 3 aromatic heterocycles. The van der Waals surface area contributed by atoms with Crippen molar-refractivity contribution < 1.29 is 32.6 Å². The van der Waals surface area contributed by atoms with Gasteiger partial charge in [0.1, 0.15) is 5.82 Å². The molecule has 0 saturated heterocycles. The van der Waals surface area contributed by atoms with Gasteiger partial charge in [0, 0.05) is 24.8 Å². The molecule has 0 spiro atoms. The number of aliphatic carboxylic acids is 1. The number of hydrogen-bond acceptors (Lipinski definition) is 5. The number of fused-ring (bicyclic) bond motifs is 1. The molecule has 34 heavy (non-hydrogen) atoms. The Balaban J connectivity index is 0.000000406. The Kier molecular flexibility index (Phi) is 6.80. The zero-order valence-corrected chi connectivity index (χ0v) is 17.0. The number of aromatic nitrogens is 3. The van der Waals surface area contributed by atoms with Crippen molar-refractivity contribution in [2.75, 3.05) is 0 Å². The third-order valence-electron chi connectivity index (χ3n) is 4.53. The highest BCUT2D eigenvalue weighted by molar-refractivity contribution is 5.73. The van der Waals surface area contributed by atoms with Crippen LogP contribution in [0.3, 0.4) is 0 Å². The number of rotatable bonds is 3.